The summed E-state index contributed by atoms with van der Waals surface area (Å²) < 4.78 is 1.07. The number of nitrogens with one attached hydrogen (secondary N) is 1. The molecule has 0 atom stereocenters. The fourth-order valence-corrected chi connectivity index (χ4v) is 2.59. The van der Waals surface area contributed by atoms with Crippen molar-refractivity contribution in [3.8, 4) is 0 Å². The van der Waals surface area contributed by atoms with E-state index in [0.29, 0.717) is 11.9 Å². The molecule has 21 heavy (non-hydrogen) atoms. The molecule has 6 nitrogen and oxygen atoms in total. The third-order valence-electron chi connectivity index (χ3n) is 3.44. The summed E-state index contributed by atoms with van der Waals surface area (Å²) in [5.41, 5.74) is 7.86. The molecule has 1 aromatic carbocycles. The smallest absolute Gasteiger partial charge is 0.233 e. The van der Waals surface area contributed by atoms with Crippen LogP contribution in [0.1, 0.15) is 18.4 Å². The molecule has 1 saturated heterocycles. The first-order valence-electron chi connectivity index (χ1n) is 6.91. The van der Waals surface area contributed by atoms with E-state index < -0.39 is 0 Å². The largest absolute Gasteiger partial charge is 0.368 e. The SMILES string of the molecule is Cc1cc(Nc2nc(N)nc(N3CCCC3)n2)ccc1Br. The van der Waals surface area contributed by atoms with Crippen molar-refractivity contribution in [2.45, 2.75) is 19.8 Å². The molecule has 2 heterocycles. The van der Waals surface area contributed by atoms with E-state index in [4.69, 9.17) is 5.73 Å². The minimum absolute atomic E-state index is 0.239. The lowest BCUT2D eigenvalue weighted by Gasteiger charge is -2.16. The number of benzene rings is 1. The van der Waals surface area contributed by atoms with Crippen LogP contribution < -0.4 is 16.0 Å². The van der Waals surface area contributed by atoms with Crippen LogP contribution in [0.5, 0.6) is 0 Å². The van der Waals surface area contributed by atoms with E-state index in [2.05, 4.69) is 41.1 Å². The third kappa shape index (κ3) is 3.24. The number of hydrogen-bond acceptors (Lipinski definition) is 6. The van der Waals surface area contributed by atoms with Crippen molar-refractivity contribution < 1.29 is 0 Å². The monoisotopic (exact) mass is 348 g/mol. The maximum Gasteiger partial charge on any atom is 0.233 e. The van der Waals surface area contributed by atoms with Gasteiger partial charge in [-0.25, -0.2) is 0 Å². The first-order valence-corrected chi connectivity index (χ1v) is 7.71. The fourth-order valence-electron chi connectivity index (χ4n) is 2.35. The highest BCUT2D eigenvalue weighted by Gasteiger charge is 2.16. The molecule has 1 fully saturated rings. The molecule has 2 aromatic rings. The summed E-state index contributed by atoms with van der Waals surface area (Å²) in [5.74, 6) is 1.37. The van der Waals surface area contributed by atoms with Gasteiger partial charge in [0, 0.05) is 23.2 Å². The van der Waals surface area contributed by atoms with Crippen LogP contribution in [0.15, 0.2) is 22.7 Å². The fraction of sp³-hybridized carbons (Fsp3) is 0.357. The van der Waals surface area contributed by atoms with Crippen molar-refractivity contribution >= 4 is 39.5 Å². The maximum atomic E-state index is 5.80. The maximum absolute atomic E-state index is 5.80. The summed E-state index contributed by atoms with van der Waals surface area (Å²) in [7, 11) is 0. The van der Waals surface area contributed by atoms with Gasteiger partial charge < -0.3 is 16.0 Å². The standard InChI is InChI=1S/C14H17BrN6/c1-9-8-10(4-5-11(9)15)17-13-18-12(16)19-14(20-13)21-6-2-3-7-21/h4-5,8H,2-3,6-7H2,1H3,(H3,16,17,18,19,20). The molecule has 110 valence electrons. The number of hydrogen-bond donors (Lipinski definition) is 2. The lowest BCUT2D eigenvalue weighted by Crippen LogP contribution is -2.21. The number of halogens is 1. The first-order chi connectivity index (χ1) is 10.1. The molecule has 0 aliphatic carbocycles. The number of aryl methyl sites for hydroxylation is 1. The van der Waals surface area contributed by atoms with Crippen LogP contribution in [0.2, 0.25) is 0 Å². The van der Waals surface area contributed by atoms with Crippen molar-refractivity contribution in [3.05, 3.63) is 28.2 Å². The molecule has 1 aliphatic heterocycles. The number of rotatable bonds is 3. The van der Waals surface area contributed by atoms with Gasteiger partial charge in [-0.05, 0) is 43.5 Å². The molecule has 0 radical (unpaired) electrons. The van der Waals surface area contributed by atoms with E-state index in [1.165, 1.54) is 12.8 Å². The van der Waals surface area contributed by atoms with Gasteiger partial charge in [0.1, 0.15) is 0 Å². The summed E-state index contributed by atoms with van der Waals surface area (Å²) in [6.45, 7) is 3.98. The van der Waals surface area contributed by atoms with Crippen LogP contribution in [0.3, 0.4) is 0 Å². The molecule has 1 aromatic heterocycles. The highest BCUT2D eigenvalue weighted by molar-refractivity contribution is 9.10. The minimum atomic E-state index is 0.239. The topological polar surface area (TPSA) is 80.0 Å². The third-order valence-corrected chi connectivity index (χ3v) is 4.33. The van der Waals surface area contributed by atoms with E-state index in [-0.39, 0.29) is 5.95 Å². The Balaban J connectivity index is 1.85. The molecule has 0 spiro atoms. The van der Waals surface area contributed by atoms with Crippen LogP contribution >= 0.6 is 15.9 Å². The van der Waals surface area contributed by atoms with Crippen LogP contribution in [0, 0.1) is 6.92 Å². The van der Waals surface area contributed by atoms with E-state index in [0.717, 1.165) is 28.8 Å². The summed E-state index contributed by atoms with van der Waals surface area (Å²) in [6, 6.07) is 5.98. The number of nitrogens with two attached hydrogens (primary N) is 1. The Morgan fingerprint density at radius 2 is 1.95 bits per heavy atom. The lowest BCUT2D eigenvalue weighted by atomic mass is 10.2. The second-order valence-electron chi connectivity index (χ2n) is 5.10. The molecule has 0 bridgehead atoms. The molecule has 3 N–H and O–H groups in total. The van der Waals surface area contributed by atoms with Crippen molar-refractivity contribution in [3.63, 3.8) is 0 Å². The number of nitrogens with zero attached hydrogens (tertiary/aromatic N) is 4. The molecule has 0 amide bonds. The molecule has 7 heteroatoms. The molecule has 1 aliphatic rings. The van der Waals surface area contributed by atoms with Gasteiger partial charge in [0.15, 0.2) is 0 Å². The lowest BCUT2D eigenvalue weighted by molar-refractivity contribution is 0.887. The summed E-state index contributed by atoms with van der Waals surface area (Å²) in [5, 5.41) is 3.19. The van der Waals surface area contributed by atoms with Crippen molar-refractivity contribution in [2.24, 2.45) is 0 Å². The first kappa shape index (κ1) is 14.1. The van der Waals surface area contributed by atoms with Gasteiger partial charge >= 0.3 is 0 Å². The Morgan fingerprint density at radius 1 is 1.19 bits per heavy atom. The van der Waals surface area contributed by atoms with E-state index >= 15 is 0 Å². The number of aromatic nitrogens is 3. The average molecular weight is 349 g/mol. The van der Waals surface area contributed by atoms with E-state index in [9.17, 15) is 0 Å². The van der Waals surface area contributed by atoms with E-state index in [1.807, 2.05) is 25.1 Å². The van der Waals surface area contributed by atoms with E-state index in [1.54, 1.807) is 0 Å². The zero-order valence-electron chi connectivity index (χ0n) is 11.8. The Kier molecular flexibility index (Phi) is 3.92. The normalized spacial score (nSPS) is 14.5. The van der Waals surface area contributed by atoms with Gasteiger partial charge in [-0.1, -0.05) is 15.9 Å². The Morgan fingerprint density at radius 3 is 2.67 bits per heavy atom. The van der Waals surface area contributed by atoms with Crippen LogP contribution in [0.4, 0.5) is 23.5 Å². The van der Waals surface area contributed by atoms with Gasteiger partial charge in [-0.3, -0.25) is 0 Å². The zero-order valence-corrected chi connectivity index (χ0v) is 13.4. The highest BCUT2D eigenvalue weighted by atomic mass is 79.9. The predicted molar refractivity (Wildman–Crippen MR) is 87.8 cm³/mol. The van der Waals surface area contributed by atoms with Gasteiger partial charge in [-0.2, -0.15) is 15.0 Å². The molecular formula is C14H17BrN6. The van der Waals surface area contributed by atoms with Gasteiger partial charge in [0.25, 0.3) is 0 Å². The molecular weight excluding hydrogens is 332 g/mol. The number of anilines is 4. The van der Waals surface area contributed by atoms with Crippen LogP contribution in [-0.2, 0) is 0 Å². The predicted octanol–water partition coefficient (Wildman–Crippen LogP) is 2.87. The Labute approximate surface area is 131 Å². The van der Waals surface area contributed by atoms with Crippen molar-refractivity contribution in [1.82, 2.24) is 15.0 Å². The highest BCUT2D eigenvalue weighted by Crippen LogP contribution is 2.23. The quantitative estimate of drug-likeness (QED) is 0.887. The minimum Gasteiger partial charge on any atom is -0.368 e. The van der Waals surface area contributed by atoms with Crippen molar-refractivity contribution in [1.29, 1.82) is 0 Å². The average Bonchev–Trinajstić information content (AvgIpc) is 2.96. The van der Waals surface area contributed by atoms with Gasteiger partial charge in [0.2, 0.25) is 17.8 Å². The summed E-state index contributed by atoms with van der Waals surface area (Å²) in [6.07, 6.45) is 2.33. The molecule has 0 saturated carbocycles. The summed E-state index contributed by atoms with van der Waals surface area (Å²) in [4.78, 5) is 15.0. The van der Waals surface area contributed by atoms with Gasteiger partial charge in [0.05, 0.1) is 0 Å². The summed E-state index contributed by atoms with van der Waals surface area (Å²) >= 11 is 3.49. The van der Waals surface area contributed by atoms with Gasteiger partial charge in [-0.15, -0.1) is 0 Å². The second kappa shape index (κ2) is 5.85. The molecule has 0 unspecified atom stereocenters. The molecule has 3 rings (SSSR count). The van der Waals surface area contributed by atoms with Crippen LogP contribution in [0.25, 0.3) is 0 Å². The Hall–Kier alpha value is -1.89. The zero-order chi connectivity index (χ0) is 14.8. The van der Waals surface area contributed by atoms with Crippen LogP contribution in [-0.4, -0.2) is 28.0 Å². The second-order valence-corrected chi connectivity index (χ2v) is 5.95. The Bertz CT molecular complexity index is 654. The number of nitrogen functional groups attached to an aromatic ring is 1. The van der Waals surface area contributed by atoms with Crippen molar-refractivity contribution in [2.75, 3.05) is 29.0 Å².